The summed E-state index contributed by atoms with van der Waals surface area (Å²) in [7, 11) is 0. The maximum absolute atomic E-state index is 6.06. The normalized spacial score (nSPS) is 30.4. The lowest BCUT2D eigenvalue weighted by atomic mass is 9.54. The number of ether oxygens (including phenoxy) is 1. The van der Waals surface area contributed by atoms with E-state index in [1.54, 1.807) is 6.33 Å². The van der Waals surface area contributed by atoms with Gasteiger partial charge in [-0.2, -0.15) is 0 Å². The van der Waals surface area contributed by atoms with Gasteiger partial charge in [-0.3, -0.25) is 0 Å². The van der Waals surface area contributed by atoms with Crippen LogP contribution in [0.15, 0.2) is 36.7 Å². The summed E-state index contributed by atoms with van der Waals surface area (Å²) in [5.41, 5.74) is 1.44. The summed E-state index contributed by atoms with van der Waals surface area (Å²) < 4.78 is 7.91. The Morgan fingerprint density at radius 1 is 1.21 bits per heavy atom. The summed E-state index contributed by atoms with van der Waals surface area (Å²) in [6.07, 6.45) is 8.86. The van der Waals surface area contributed by atoms with Crippen LogP contribution in [0.5, 0.6) is 0 Å². The number of nitrogens with zero attached hydrogens (tertiary/aromatic N) is 3. The van der Waals surface area contributed by atoms with E-state index in [4.69, 9.17) is 4.74 Å². The molecule has 3 atom stereocenters. The predicted molar refractivity (Wildman–Crippen MR) is 90.7 cm³/mol. The minimum atomic E-state index is 0.392. The van der Waals surface area contributed by atoms with Crippen molar-refractivity contribution in [1.82, 2.24) is 20.1 Å². The first-order valence-corrected chi connectivity index (χ1v) is 9.18. The van der Waals surface area contributed by atoms with E-state index in [1.807, 2.05) is 35.0 Å². The molecule has 126 valence electrons. The van der Waals surface area contributed by atoms with E-state index < -0.39 is 0 Å². The Bertz CT molecular complexity index is 707. The Hall–Kier alpha value is -1.72. The van der Waals surface area contributed by atoms with Crippen LogP contribution < -0.4 is 5.32 Å². The third-order valence-electron chi connectivity index (χ3n) is 6.33. The maximum Gasteiger partial charge on any atom is 0.164 e. The molecule has 5 nitrogen and oxygen atoms in total. The molecule has 1 spiro atoms. The van der Waals surface area contributed by atoms with E-state index in [1.165, 1.54) is 32.1 Å². The first kappa shape index (κ1) is 14.6. The van der Waals surface area contributed by atoms with Crippen molar-refractivity contribution in [2.24, 2.45) is 11.3 Å². The fourth-order valence-corrected chi connectivity index (χ4v) is 5.29. The minimum absolute atomic E-state index is 0.392. The van der Waals surface area contributed by atoms with Crippen molar-refractivity contribution in [3.05, 3.63) is 42.5 Å². The Morgan fingerprint density at radius 2 is 2.04 bits per heavy atom. The van der Waals surface area contributed by atoms with Crippen LogP contribution in [0.2, 0.25) is 0 Å². The monoisotopic (exact) mass is 324 g/mol. The molecule has 1 saturated heterocycles. The quantitative estimate of drug-likeness (QED) is 0.939. The highest BCUT2D eigenvalue weighted by Crippen LogP contribution is 2.60. The second kappa shape index (κ2) is 5.67. The Labute approximate surface area is 142 Å². The molecular formula is C19H24N4O. The van der Waals surface area contributed by atoms with E-state index in [2.05, 4.69) is 15.4 Å². The Morgan fingerprint density at radius 3 is 2.88 bits per heavy atom. The van der Waals surface area contributed by atoms with E-state index in [0.717, 1.165) is 24.7 Å². The largest absolute Gasteiger partial charge is 0.377 e. The van der Waals surface area contributed by atoms with Gasteiger partial charge in [0.25, 0.3) is 0 Å². The Balaban J connectivity index is 1.29. The van der Waals surface area contributed by atoms with E-state index >= 15 is 0 Å². The van der Waals surface area contributed by atoms with Crippen LogP contribution >= 0.6 is 0 Å². The van der Waals surface area contributed by atoms with E-state index in [9.17, 15) is 0 Å². The molecular weight excluding hydrogens is 300 g/mol. The molecule has 3 unspecified atom stereocenters. The van der Waals surface area contributed by atoms with Crippen molar-refractivity contribution >= 4 is 0 Å². The molecule has 0 bridgehead atoms. The molecule has 0 amide bonds. The van der Waals surface area contributed by atoms with Crippen molar-refractivity contribution in [2.45, 2.75) is 50.8 Å². The number of hydrogen-bond donors (Lipinski definition) is 1. The molecule has 2 aromatic rings. The summed E-state index contributed by atoms with van der Waals surface area (Å²) in [5, 5.41) is 8.41. The number of benzene rings is 1. The maximum atomic E-state index is 6.06. The molecule has 24 heavy (non-hydrogen) atoms. The van der Waals surface area contributed by atoms with Gasteiger partial charge in [0, 0.05) is 24.0 Å². The van der Waals surface area contributed by atoms with Crippen LogP contribution in [0.3, 0.4) is 0 Å². The minimum Gasteiger partial charge on any atom is -0.377 e. The molecule has 1 aromatic carbocycles. The molecule has 1 N–H and O–H groups in total. The van der Waals surface area contributed by atoms with Crippen LogP contribution in [-0.4, -0.2) is 33.5 Å². The van der Waals surface area contributed by atoms with Crippen LogP contribution in [-0.2, 0) is 11.3 Å². The fourth-order valence-electron chi connectivity index (χ4n) is 5.29. The van der Waals surface area contributed by atoms with Crippen LogP contribution in [0.4, 0.5) is 0 Å². The SMILES string of the molecule is c1ccc(-n2cnc(CNC3C4CCOC4C34CCCC4)n2)cc1. The fraction of sp³-hybridized carbons (Fsp3) is 0.579. The average Bonchev–Trinajstić information content (AvgIpc) is 3.36. The molecule has 3 fully saturated rings. The van der Waals surface area contributed by atoms with Crippen molar-refractivity contribution in [3.63, 3.8) is 0 Å². The molecule has 5 heteroatoms. The molecule has 5 rings (SSSR count). The van der Waals surface area contributed by atoms with Crippen LogP contribution in [0, 0.1) is 11.3 Å². The molecule has 0 radical (unpaired) electrons. The Kier molecular flexibility index (Phi) is 3.45. The third kappa shape index (κ3) is 2.15. The van der Waals surface area contributed by atoms with Gasteiger partial charge in [-0.1, -0.05) is 31.0 Å². The average molecular weight is 324 g/mol. The molecule has 3 aliphatic rings. The van der Waals surface area contributed by atoms with Gasteiger partial charge in [-0.05, 0) is 31.4 Å². The first-order chi connectivity index (χ1) is 11.9. The summed E-state index contributed by atoms with van der Waals surface area (Å²) in [6.45, 7) is 1.69. The van der Waals surface area contributed by atoms with Crippen molar-refractivity contribution in [3.8, 4) is 5.69 Å². The van der Waals surface area contributed by atoms with Gasteiger partial charge in [0.1, 0.15) is 6.33 Å². The molecule has 2 saturated carbocycles. The number of nitrogens with one attached hydrogen (secondary N) is 1. The number of rotatable bonds is 4. The van der Waals surface area contributed by atoms with E-state index in [0.29, 0.717) is 23.5 Å². The molecule has 2 heterocycles. The second-order valence-corrected chi connectivity index (χ2v) is 7.48. The lowest BCUT2D eigenvalue weighted by molar-refractivity contribution is -0.131. The van der Waals surface area contributed by atoms with Gasteiger partial charge in [0.2, 0.25) is 0 Å². The highest BCUT2D eigenvalue weighted by Gasteiger charge is 2.64. The van der Waals surface area contributed by atoms with Gasteiger partial charge in [-0.15, -0.1) is 5.10 Å². The smallest absolute Gasteiger partial charge is 0.164 e. The molecule has 2 aliphatic carbocycles. The molecule has 1 aliphatic heterocycles. The van der Waals surface area contributed by atoms with Gasteiger partial charge >= 0.3 is 0 Å². The zero-order valence-corrected chi connectivity index (χ0v) is 13.9. The zero-order chi connectivity index (χ0) is 16.0. The third-order valence-corrected chi connectivity index (χ3v) is 6.33. The standard InChI is InChI=1S/C19H24N4O/c1-2-6-14(7-3-1)23-13-21-16(22-23)12-20-17-15-8-11-24-18(15)19(17)9-4-5-10-19/h1-3,6-7,13,15,17-18,20H,4-5,8-12H2. The number of hydrogen-bond acceptors (Lipinski definition) is 4. The second-order valence-electron chi connectivity index (χ2n) is 7.48. The summed E-state index contributed by atoms with van der Waals surface area (Å²) in [6, 6.07) is 10.7. The highest BCUT2D eigenvalue weighted by atomic mass is 16.5. The summed E-state index contributed by atoms with van der Waals surface area (Å²) in [5.74, 6) is 1.56. The highest BCUT2D eigenvalue weighted by molar-refractivity contribution is 5.29. The van der Waals surface area contributed by atoms with Gasteiger partial charge in [0.05, 0.1) is 18.3 Å². The van der Waals surface area contributed by atoms with Crippen molar-refractivity contribution in [2.75, 3.05) is 6.61 Å². The van der Waals surface area contributed by atoms with Crippen LogP contribution in [0.25, 0.3) is 5.69 Å². The predicted octanol–water partition coefficient (Wildman–Crippen LogP) is 2.70. The molecule has 1 aromatic heterocycles. The number of para-hydroxylation sites is 1. The number of fused-ring (bicyclic) bond motifs is 2. The number of aromatic nitrogens is 3. The summed E-state index contributed by atoms with van der Waals surface area (Å²) >= 11 is 0. The van der Waals surface area contributed by atoms with Crippen LogP contribution in [0.1, 0.15) is 37.9 Å². The zero-order valence-electron chi connectivity index (χ0n) is 13.9. The lowest BCUT2D eigenvalue weighted by Crippen LogP contribution is -2.67. The van der Waals surface area contributed by atoms with Crippen molar-refractivity contribution < 1.29 is 4.74 Å². The topological polar surface area (TPSA) is 52.0 Å². The van der Waals surface area contributed by atoms with Gasteiger partial charge < -0.3 is 10.1 Å². The summed E-state index contributed by atoms with van der Waals surface area (Å²) in [4.78, 5) is 4.48. The van der Waals surface area contributed by atoms with Crippen molar-refractivity contribution in [1.29, 1.82) is 0 Å². The van der Waals surface area contributed by atoms with Gasteiger partial charge in [-0.25, -0.2) is 9.67 Å². The first-order valence-electron chi connectivity index (χ1n) is 9.18. The van der Waals surface area contributed by atoms with E-state index in [-0.39, 0.29) is 0 Å². The lowest BCUT2D eigenvalue weighted by Gasteiger charge is -2.57. The van der Waals surface area contributed by atoms with Gasteiger partial charge in [0.15, 0.2) is 5.82 Å².